The Balaban J connectivity index is 0.931. The Kier molecular flexibility index (Phi) is 9.16. The van der Waals surface area contributed by atoms with Crippen molar-refractivity contribution in [2.75, 3.05) is 4.90 Å². The molecule has 0 saturated heterocycles. The molecule has 64 heavy (non-hydrogen) atoms. The number of nitrogens with zero attached hydrogens (tertiary/aromatic N) is 1. The van der Waals surface area contributed by atoms with Gasteiger partial charge in [0.15, 0.2) is 0 Å². The molecule has 12 rings (SSSR count). The van der Waals surface area contributed by atoms with Crippen LogP contribution in [0.4, 0.5) is 17.1 Å². The highest BCUT2D eigenvalue weighted by atomic mass is 15.1. The smallest absolute Gasteiger partial charge is 0.0465 e. The predicted molar refractivity (Wildman–Crippen MR) is 270 cm³/mol. The number of benzene rings is 9. The first-order valence-electron chi connectivity index (χ1n) is 23.2. The van der Waals surface area contributed by atoms with Gasteiger partial charge in [-0.1, -0.05) is 209 Å². The average Bonchev–Trinajstić information content (AvgIpc) is 3.76. The first-order valence-corrected chi connectivity index (χ1v) is 23.2. The monoisotopic (exact) mass is 821 g/mol. The van der Waals surface area contributed by atoms with E-state index in [1.807, 2.05) is 0 Å². The topological polar surface area (TPSA) is 3.24 Å². The quantitative estimate of drug-likeness (QED) is 0.155. The van der Waals surface area contributed by atoms with Crippen molar-refractivity contribution in [1.82, 2.24) is 0 Å². The van der Waals surface area contributed by atoms with E-state index in [2.05, 4.69) is 231 Å². The number of hydrogen-bond acceptors (Lipinski definition) is 1. The molecule has 0 aromatic heterocycles. The molecule has 9 aromatic rings. The molecule has 3 aliphatic carbocycles. The van der Waals surface area contributed by atoms with Crippen LogP contribution >= 0.6 is 0 Å². The highest BCUT2D eigenvalue weighted by Gasteiger charge is 2.44. The minimum Gasteiger partial charge on any atom is -0.310 e. The summed E-state index contributed by atoms with van der Waals surface area (Å²) in [6.07, 6.45) is 6.29. The average molecular weight is 822 g/mol. The summed E-state index contributed by atoms with van der Waals surface area (Å²) in [4.78, 5) is 2.48. The zero-order valence-electron chi connectivity index (χ0n) is 36.7. The second-order valence-electron chi connectivity index (χ2n) is 18.7. The van der Waals surface area contributed by atoms with Gasteiger partial charge in [0.05, 0.1) is 0 Å². The van der Waals surface area contributed by atoms with E-state index in [4.69, 9.17) is 0 Å². The fourth-order valence-corrected chi connectivity index (χ4v) is 11.9. The Morgan fingerprint density at radius 3 is 1.41 bits per heavy atom. The predicted octanol–water partition coefficient (Wildman–Crippen LogP) is 17.4. The Morgan fingerprint density at radius 1 is 0.312 bits per heavy atom. The van der Waals surface area contributed by atoms with Gasteiger partial charge in [0.1, 0.15) is 0 Å². The lowest BCUT2D eigenvalue weighted by Crippen LogP contribution is -2.28. The fraction of sp³-hybridized carbons (Fsp3) is 0.143. The van der Waals surface area contributed by atoms with Crippen LogP contribution in [0.3, 0.4) is 0 Å². The molecular weight excluding hydrogens is 771 g/mol. The third-order valence-corrected chi connectivity index (χ3v) is 14.9. The standard InChI is InChI=1S/C63H51N/c1-62(2)58-24-11-9-21-55(58)57-23-15-22-53(61(57)62)47-32-36-49(37-33-47)64(50-38-39-56-54-20-10-12-25-59(54)63(60(56)42-50)40-13-4-14-41-63)48-34-30-44(31-35-48)43-26-28-46(29-27-43)52-19-8-7-18-51(52)45-16-5-3-6-17-45/h3,5-12,15-39,42H,4,13-14,40-41H2,1-2H3. The van der Waals surface area contributed by atoms with Crippen molar-refractivity contribution >= 4 is 17.1 Å². The van der Waals surface area contributed by atoms with E-state index in [0.29, 0.717) is 0 Å². The summed E-state index contributed by atoms with van der Waals surface area (Å²) in [5, 5.41) is 0. The Bertz CT molecular complexity index is 3180. The first kappa shape index (κ1) is 38.5. The van der Waals surface area contributed by atoms with E-state index in [1.54, 1.807) is 0 Å². The Hall–Kier alpha value is -7.22. The van der Waals surface area contributed by atoms with Crippen molar-refractivity contribution in [3.63, 3.8) is 0 Å². The molecule has 0 atom stereocenters. The van der Waals surface area contributed by atoms with Gasteiger partial charge in [-0.25, -0.2) is 0 Å². The molecule has 1 fully saturated rings. The van der Waals surface area contributed by atoms with Gasteiger partial charge in [-0.3, -0.25) is 0 Å². The summed E-state index contributed by atoms with van der Waals surface area (Å²) in [6, 6.07) is 79.3. The summed E-state index contributed by atoms with van der Waals surface area (Å²) >= 11 is 0. The van der Waals surface area contributed by atoms with Crippen molar-refractivity contribution < 1.29 is 0 Å². The molecule has 308 valence electrons. The lowest BCUT2D eigenvalue weighted by atomic mass is 9.68. The minimum atomic E-state index is -0.0843. The lowest BCUT2D eigenvalue weighted by molar-refractivity contribution is 0.353. The third kappa shape index (κ3) is 6.13. The summed E-state index contributed by atoms with van der Waals surface area (Å²) in [5.74, 6) is 0. The van der Waals surface area contributed by atoms with Crippen LogP contribution in [0, 0.1) is 0 Å². The number of fused-ring (bicyclic) bond motifs is 8. The Morgan fingerprint density at radius 2 is 0.750 bits per heavy atom. The van der Waals surface area contributed by atoms with E-state index < -0.39 is 0 Å². The van der Waals surface area contributed by atoms with Crippen LogP contribution in [0.25, 0.3) is 66.8 Å². The maximum Gasteiger partial charge on any atom is 0.0465 e. The number of anilines is 3. The summed E-state index contributed by atoms with van der Waals surface area (Å²) in [7, 11) is 0. The zero-order valence-corrected chi connectivity index (χ0v) is 36.7. The van der Waals surface area contributed by atoms with Gasteiger partial charge < -0.3 is 4.90 Å². The maximum absolute atomic E-state index is 2.54. The Labute approximate surface area is 378 Å². The summed E-state index contributed by atoms with van der Waals surface area (Å²) < 4.78 is 0. The molecule has 0 unspecified atom stereocenters. The van der Waals surface area contributed by atoms with Gasteiger partial charge in [-0.15, -0.1) is 0 Å². The van der Waals surface area contributed by atoms with Crippen LogP contribution in [0.15, 0.2) is 212 Å². The van der Waals surface area contributed by atoms with Crippen LogP contribution in [0.1, 0.15) is 68.2 Å². The van der Waals surface area contributed by atoms with E-state index >= 15 is 0 Å². The van der Waals surface area contributed by atoms with Crippen molar-refractivity contribution in [3.05, 3.63) is 235 Å². The molecule has 0 heterocycles. The van der Waals surface area contributed by atoms with Crippen molar-refractivity contribution in [2.24, 2.45) is 0 Å². The molecule has 9 aromatic carbocycles. The van der Waals surface area contributed by atoms with E-state index in [9.17, 15) is 0 Å². The second kappa shape index (κ2) is 15.2. The van der Waals surface area contributed by atoms with Crippen LogP contribution in [-0.4, -0.2) is 0 Å². The first-order chi connectivity index (χ1) is 31.5. The SMILES string of the molecule is CC1(C)c2ccccc2-c2cccc(-c3ccc(N(c4ccc(-c5ccc(-c6ccccc6-c6ccccc6)cc5)cc4)c4ccc5c(c4)C4(CCCCC4)c4ccccc4-5)cc3)c21. The lowest BCUT2D eigenvalue weighted by Gasteiger charge is -2.36. The number of rotatable bonds is 7. The largest absolute Gasteiger partial charge is 0.310 e. The van der Waals surface area contributed by atoms with Gasteiger partial charge in [0.2, 0.25) is 0 Å². The van der Waals surface area contributed by atoms with E-state index in [-0.39, 0.29) is 10.8 Å². The van der Waals surface area contributed by atoms with Crippen LogP contribution in [0.2, 0.25) is 0 Å². The zero-order chi connectivity index (χ0) is 42.8. The normalized spacial score (nSPS) is 15.0. The molecule has 0 N–H and O–H groups in total. The maximum atomic E-state index is 2.54. The summed E-state index contributed by atoms with van der Waals surface area (Å²) in [6.45, 7) is 4.76. The van der Waals surface area contributed by atoms with Gasteiger partial charge >= 0.3 is 0 Å². The molecule has 1 saturated carbocycles. The fourth-order valence-electron chi connectivity index (χ4n) is 11.9. The molecule has 3 aliphatic rings. The van der Waals surface area contributed by atoms with Crippen molar-refractivity contribution in [2.45, 2.75) is 56.8 Å². The minimum absolute atomic E-state index is 0.0748. The van der Waals surface area contributed by atoms with Gasteiger partial charge in [-0.2, -0.15) is 0 Å². The second-order valence-corrected chi connectivity index (χ2v) is 18.7. The molecule has 0 radical (unpaired) electrons. The van der Waals surface area contributed by atoms with E-state index in [0.717, 1.165) is 11.4 Å². The van der Waals surface area contributed by atoms with Crippen molar-refractivity contribution in [3.8, 4) is 66.8 Å². The molecule has 1 spiro atoms. The third-order valence-electron chi connectivity index (χ3n) is 14.9. The highest BCUT2D eigenvalue weighted by molar-refractivity contribution is 5.90. The molecule has 0 aliphatic heterocycles. The van der Waals surface area contributed by atoms with Crippen LogP contribution in [-0.2, 0) is 10.8 Å². The molecule has 0 bridgehead atoms. The van der Waals surface area contributed by atoms with Gasteiger partial charge in [-0.05, 0) is 138 Å². The highest BCUT2D eigenvalue weighted by Crippen LogP contribution is 2.57. The van der Waals surface area contributed by atoms with E-state index in [1.165, 1.54) is 127 Å². The molecule has 1 nitrogen and oxygen atoms in total. The molecule has 0 amide bonds. The van der Waals surface area contributed by atoms with Gasteiger partial charge in [0, 0.05) is 27.9 Å². The number of hydrogen-bond donors (Lipinski definition) is 0. The van der Waals surface area contributed by atoms with Crippen molar-refractivity contribution in [1.29, 1.82) is 0 Å². The van der Waals surface area contributed by atoms with Crippen LogP contribution in [0.5, 0.6) is 0 Å². The van der Waals surface area contributed by atoms with Crippen LogP contribution < -0.4 is 4.90 Å². The molecular formula is C63H51N. The molecule has 1 heteroatoms. The van der Waals surface area contributed by atoms with Gasteiger partial charge in [0.25, 0.3) is 0 Å². The summed E-state index contributed by atoms with van der Waals surface area (Å²) in [5.41, 5.74) is 24.8.